The molecule has 1 aromatic rings. The van der Waals surface area contributed by atoms with Gasteiger partial charge in [-0.15, -0.1) is 0 Å². The van der Waals surface area contributed by atoms with E-state index in [1.165, 1.54) is 0 Å². The fourth-order valence-corrected chi connectivity index (χ4v) is 8.27. The normalized spacial score (nSPS) is 18.6. The first kappa shape index (κ1) is 50.9. The number of allylic oxidation sites excluding steroid dienone is 1. The molecule has 3 rings (SSSR count). The molecule has 2 heterocycles. The predicted molar refractivity (Wildman–Crippen MR) is 243 cm³/mol. The van der Waals surface area contributed by atoms with Gasteiger partial charge in [-0.25, -0.2) is 4.79 Å². The number of aldehydes is 1. The molecular weight excluding hydrogens is 801 g/mol. The Bertz CT molecular complexity index is 1710. The lowest BCUT2D eigenvalue weighted by Crippen LogP contribution is -2.37. The molecule has 0 radical (unpaired) electrons. The van der Waals surface area contributed by atoms with Crippen molar-refractivity contribution in [2.45, 2.75) is 124 Å². The van der Waals surface area contributed by atoms with Crippen LogP contribution in [0.1, 0.15) is 106 Å². The number of aliphatic hydroxyl groups is 1. The summed E-state index contributed by atoms with van der Waals surface area (Å²) >= 11 is 1.89. The average molecular weight is 871 g/mol. The Balaban J connectivity index is 1.41. The van der Waals surface area contributed by atoms with Crippen LogP contribution in [0.15, 0.2) is 46.2 Å². The van der Waals surface area contributed by atoms with E-state index < -0.39 is 5.41 Å². The van der Waals surface area contributed by atoms with Gasteiger partial charge in [0.05, 0.1) is 56.0 Å². The van der Waals surface area contributed by atoms with Crippen LogP contribution < -0.4 is 32.4 Å². The van der Waals surface area contributed by atoms with Gasteiger partial charge in [-0.2, -0.15) is 16.9 Å². The minimum absolute atomic E-state index is 0.0263. The van der Waals surface area contributed by atoms with Gasteiger partial charge in [0, 0.05) is 60.2 Å². The number of aliphatic hydroxyl groups excluding tert-OH is 1. The Hall–Kier alpha value is -4.48. The van der Waals surface area contributed by atoms with Crippen LogP contribution in [0, 0.1) is 16.2 Å². The summed E-state index contributed by atoms with van der Waals surface area (Å²) in [5.74, 6) is 0.372. The van der Waals surface area contributed by atoms with E-state index in [1.54, 1.807) is 24.3 Å². The predicted octanol–water partition coefficient (Wildman–Crippen LogP) is 5.88. The third-order valence-electron chi connectivity index (χ3n) is 10.7. The van der Waals surface area contributed by atoms with E-state index in [1.807, 2.05) is 60.2 Å². The fourth-order valence-electron chi connectivity index (χ4n) is 6.73. The van der Waals surface area contributed by atoms with Gasteiger partial charge >= 0.3 is 6.03 Å². The number of carbonyl (C=O) groups excluding carboxylic acids is 5. The van der Waals surface area contributed by atoms with Crippen molar-refractivity contribution in [3.05, 3.63) is 36.1 Å². The van der Waals surface area contributed by atoms with E-state index >= 15 is 0 Å². The second-order valence-electron chi connectivity index (χ2n) is 18.2. The quantitative estimate of drug-likeness (QED) is 0.00734. The van der Waals surface area contributed by atoms with Gasteiger partial charge < -0.3 is 41.6 Å². The average Bonchev–Trinajstić information content (AvgIpc) is 3.77. The Morgan fingerprint density at radius 3 is 2.23 bits per heavy atom. The van der Waals surface area contributed by atoms with Gasteiger partial charge in [0.15, 0.2) is 17.9 Å². The first-order chi connectivity index (χ1) is 28.9. The van der Waals surface area contributed by atoms with Crippen molar-refractivity contribution >= 4 is 64.6 Å². The summed E-state index contributed by atoms with van der Waals surface area (Å²) in [4.78, 5) is 65.7. The summed E-state index contributed by atoms with van der Waals surface area (Å²) in [6.45, 7) is 16.4. The van der Waals surface area contributed by atoms with Crippen molar-refractivity contribution in [1.82, 2.24) is 16.0 Å². The topological polar surface area (TPSA) is 235 Å². The van der Waals surface area contributed by atoms with E-state index in [-0.39, 0.29) is 77.3 Å². The van der Waals surface area contributed by atoms with Gasteiger partial charge in [0.25, 0.3) is 0 Å². The maximum Gasteiger partial charge on any atom is 0.315 e. The number of anilines is 2. The Kier molecular flexibility index (Phi) is 20.7. The molecule has 2 fully saturated rings. The zero-order valence-corrected chi connectivity index (χ0v) is 38.0. The number of nitrogens with one attached hydrogen (secondary N) is 5. The van der Waals surface area contributed by atoms with Crippen molar-refractivity contribution in [2.24, 2.45) is 32.1 Å². The molecule has 2 aliphatic heterocycles. The molecule has 0 saturated carbocycles. The molecule has 8 N–H and O–H groups in total. The lowest BCUT2D eigenvalue weighted by Gasteiger charge is -2.27. The van der Waals surface area contributed by atoms with Crippen LogP contribution in [0.5, 0.6) is 0 Å². The summed E-state index contributed by atoms with van der Waals surface area (Å²) < 4.78 is 12.0. The highest BCUT2D eigenvalue weighted by molar-refractivity contribution is 8.00. The van der Waals surface area contributed by atoms with Gasteiger partial charge in [-0.3, -0.25) is 29.6 Å². The number of urea groups is 1. The molecule has 0 spiro atoms. The number of aliphatic imine (C=N–C) groups is 1. The molecule has 0 aliphatic carbocycles. The molecule has 340 valence electrons. The van der Waals surface area contributed by atoms with Crippen molar-refractivity contribution in [3.8, 4) is 0 Å². The largest absolute Gasteiger partial charge is 0.515 e. The fraction of sp³-hybridized carbons (Fsp3) is 0.659. The number of carbonyl (C=O) groups is 5. The van der Waals surface area contributed by atoms with Crippen molar-refractivity contribution in [1.29, 1.82) is 0 Å². The number of ketones is 1. The lowest BCUT2D eigenvalue weighted by molar-refractivity contribution is -0.122. The highest BCUT2D eigenvalue weighted by Gasteiger charge is 2.42. The SMILES string of the molecule is CCC(C)(C)CC(=O)C(=CO)C(CC(C)(C)COCCOCC(C)(C)CNC(=O)CCCCC1SC[C@@H]2NC(=O)N[C@H]12)=NCCCC(=O)Nc1ccc(N/N=C(\N)C=O)cc1. The Morgan fingerprint density at radius 1 is 0.918 bits per heavy atom. The molecule has 61 heavy (non-hydrogen) atoms. The van der Waals surface area contributed by atoms with E-state index in [0.29, 0.717) is 80.9 Å². The number of unbranched alkanes of at least 4 members (excludes halogenated alkanes) is 1. The number of hydrogen-bond donors (Lipinski definition) is 7. The zero-order valence-electron chi connectivity index (χ0n) is 37.2. The molecule has 17 heteroatoms. The molecule has 0 bridgehead atoms. The summed E-state index contributed by atoms with van der Waals surface area (Å²) in [5.41, 5.74) is 8.85. The number of rotatable bonds is 29. The number of ether oxygens (including phenoxy) is 2. The highest BCUT2D eigenvalue weighted by Crippen LogP contribution is 2.33. The van der Waals surface area contributed by atoms with Crippen LogP contribution in [0.3, 0.4) is 0 Å². The van der Waals surface area contributed by atoms with Crippen molar-refractivity contribution in [2.75, 3.05) is 56.0 Å². The van der Waals surface area contributed by atoms with Gasteiger partial charge in [-0.05, 0) is 60.8 Å². The zero-order chi connectivity index (χ0) is 45.1. The van der Waals surface area contributed by atoms with Gasteiger partial charge in [0.1, 0.15) is 0 Å². The number of amidine groups is 1. The lowest BCUT2D eigenvalue weighted by atomic mass is 9.80. The number of nitrogens with two attached hydrogens (primary N) is 1. The second kappa shape index (κ2) is 24.8. The summed E-state index contributed by atoms with van der Waals surface area (Å²) in [6, 6.07) is 7.07. The summed E-state index contributed by atoms with van der Waals surface area (Å²) in [5, 5.41) is 26.3. The van der Waals surface area contributed by atoms with Crippen molar-refractivity contribution < 1.29 is 38.6 Å². The van der Waals surface area contributed by atoms with Gasteiger partial charge in [0.2, 0.25) is 11.8 Å². The monoisotopic (exact) mass is 871 g/mol. The number of amides is 4. The molecule has 0 aromatic heterocycles. The Morgan fingerprint density at radius 2 is 1.57 bits per heavy atom. The van der Waals surface area contributed by atoms with Crippen LogP contribution in [0.25, 0.3) is 0 Å². The molecule has 1 unspecified atom stereocenters. The van der Waals surface area contributed by atoms with Crippen molar-refractivity contribution in [3.63, 3.8) is 0 Å². The second-order valence-corrected chi connectivity index (χ2v) is 19.5. The number of hydrazone groups is 1. The first-order valence-corrected chi connectivity index (χ1v) is 22.4. The van der Waals surface area contributed by atoms with Crippen LogP contribution >= 0.6 is 11.8 Å². The number of nitrogens with zero attached hydrogens (tertiary/aromatic N) is 2. The number of Topliss-reactive ketones (excluding diaryl/α,β-unsaturated/α-hetero) is 1. The number of benzene rings is 1. The van der Waals surface area contributed by atoms with Crippen LogP contribution in [-0.2, 0) is 28.7 Å². The van der Waals surface area contributed by atoms with E-state index in [9.17, 15) is 29.1 Å². The summed E-state index contributed by atoms with van der Waals surface area (Å²) in [6.07, 6.45) is 6.47. The first-order valence-electron chi connectivity index (χ1n) is 21.3. The minimum Gasteiger partial charge on any atom is -0.515 e. The van der Waals surface area contributed by atoms with E-state index in [2.05, 4.69) is 31.8 Å². The molecule has 16 nitrogen and oxygen atoms in total. The minimum atomic E-state index is -0.456. The number of hydrogen-bond acceptors (Lipinski definition) is 12. The molecular formula is C44H70N8O8S. The smallest absolute Gasteiger partial charge is 0.315 e. The van der Waals surface area contributed by atoms with E-state index in [4.69, 9.17) is 20.2 Å². The Labute approximate surface area is 365 Å². The maximum atomic E-state index is 13.5. The molecule has 2 saturated heterocycles. The molecule has 4 amide bonds. The van der Waals surface area contributed by atoms with E-state index in [0.717, 1.165) is 37.7 Å². The van der Waals surface area contributed by atoms with Gasteiger partial charge in [-0.1, -0.05) is 61.3 Å². The standard InChI is InChI=1S/C44H70N8O8S/c1-8-42(2,3)23-35(55)32(24-53)33(46-19-11-14-39(57)48-30-15-17-31(18-16-30)51-52-37(45)25-54)22-43(4,5)28-59-20-21-60-29-44(6,7)27-47-38(56)13-10-9-12-36-40-34(26-61-36)49-41(58)50-40/h15-18,24-25,34,36,40,51,53H,8-14,19-23,26-29H2,1-7H3,(H2,45,52)(H,47,56)(H,48,57)(H2,49,50,58)/t34-,36?,40-/m0/s1. The summed E-state index contributed by atoms with van der Waals surface area (Å²) in [7, 11) is 0. The third kappa shape index (κ3) is 19.0. The van der Waals surface area contributed by atoms with Crippen LogP contribution in [0.2, 0.25) is 0 Å². The van der Waals surface area contributed by atoms with Crippen LogP contribution in [-0.4, -0.2) is 109 Å². The highest BCUT2D eigenvalue weighted by atomic mass is 32.2. The van der Waals surface area contributed by atoms with Crippen LogP contribution in [0.4, 0.5) is 16.2 Å². The maximum absolute atomic E-state index is 13.5. The third-order valence-corrected chi connectivity index (χ3v) is 12.2. The molecule has 1 aromatic carbocycles. The number of thioether (sulfide) groups is 1. The molecule has 2 aliphatic rings. The number of fused-ring (bicyclic) bond motifs is 1. The molecule has 3 atom stereocenters.